The number of nitrogens with zero attached hydrogens (tertiary/aromatic N) is 1. The highest BCUT2D eigenvalue weighted by atomic mass is 79.9. The van der Waals surface area contributed by atoms with Gasteiger partial charge < -0.3 is 0 Å². The van der Waals surface area contributed by atoms with Crippen LogP contribution < -0.4 is 0 Å². The summed E-state index contributed by atoms with van der Waals surface area (Å²) in [5.74, 6) is 0. The molecule has 0 spiro atoms. The van der Waals surface area contributed by atoms with Crippen LogP contribution in [0.4, 0.5) is 0 Å². The van der Waals surface area contributed by atoms with Gasteiger partial charge in [-0.1, -0.05) is 22.0 Å². The molecule has 0 radical (unpaired) electrons. The molecule has 1 nitrogen and oxygen atoms in total. The first-order chi connectivity index (χ1) is 4.43. The minimum atomic E-state index is 0.967. The molecule has 0 fully saturated rings. The first-order valence-corrected chi connectivity index (χ1v) is 3.53. The summed E-state index contributed by atoms with van der Waals surface area (Å²) in [5.41, 5.74) is 0.967. The second-order valence-electron chi connectivity index (χ2n) is 1.55. The van der Waals surface area contributed by atoms with Crippen molar-refractivity contribution in [1.82, 2.24) is 4.98 Å². The number of hydrogen-bond acceptors (Lipinski definition) is 1. The summed E-state index contributed by atoms with van der Waals surface area (Å²) in [7, 11) is 0. The Kier molecular flexibility index (Phi) is 2.46. The number of pyridine rings is 1. The van der Waals surface area contributed by atoms with Crippen molar-refractivity contribution in [3.8, 4) is 0 Å². The summed E-state index contributed by atoms with van der Waals surface area (Å²) in [5, 5.41) is 0. The van der Waals surface area contributed by atoms with Crippen LogP contribution in [0.15, 0.2) is 29.4 Å². The van der Waals surface area contributed by atoms with Gasteiger partial charge in [0.15, 0.2) is 0 Å². The van der Waals surface area contributed by atoms with Crippen LogP contribution in [0, 0.1) is 0 Å². The van der Waals surface area contributed by atoms with Crippen LogP contribution >= 0.6 is 15.9 Å². The Morgan fingerprint density at radius 2 is 2.33 bits per heavy atom. The Balaban J connectivity index is 2.85. The minimum absolute atomic E-state index is 0.967. The van der Waals surface area contributed by atoms with Crippen molar-refractivity contribution in [2.24, 2.45) is 0 Å². The maximum Gasteiger partial charge on any atom is 0.0634 e. The number of rotatable bonds is 1. The average molecular weight is 184 g/mol. The summed E-state index contributed by atoms with van der Waals surface area (Å²) in [6.45, 7) is 0. The van der Waals surface area contributed by atoms with E-state index in [2.05, 4.69) is 20.9 Å². The first-order valence-electron chi connectivity index (χ1n) is 2.61. The van der Waals surface area contributed by atoms with Gasteiger partial charge in [0.1, 0.15) is 0 Å². The number of halogens is 1. The lowest BCUT2D eigenvalue weighted by Crippen LogP contribution is -1.73. The Bertz CT molecular complexity index is 193. The summed E-state index contributed by atoms with van der Waals surface area (Å²) in [4.78, 5) is 5.84. The molecule has 0 atom stereocenters. The molecule has 0 aliphatic heterocycles. The SMILES string of the molecule is BrC=Cc1ccccn1. The van der Waals surface area contributed by atoms with Crippen molar-refractivity contribution < 1.29 is 0 Å². The standard InChI is InChI=1S/C7H6BrN/c8-5-4-7-3-1-2-6-9-7/h1-6H. The van der Waals surface area contributed by atoms with Gasteiger partial charge in [0, 0.05) is 6.20 Å². The normalized spacial score (nSPS) is 10.3. The molecule has 0 saturated carbocycles. The highest BCUT2D eigenvalue weighted by molar-refractivity contribution is 9.11. The third-order valence-corrected chi connectivity index (χ3v) is 1.19. The topological polar surface area (TPSA) is 12.9 Å². The molecule has 46 valence electrons. The molecule has 1 rings (SSSR count). The molecule has 0 unspecified atom stereocenters. The average Bonchev–Trinajstić information content (AvgIpc) is 1.91. The molecule has 0 aliphatic rings. The summed E-state index contributed by atoms with van der Waals surface area (Å²) < 4.78 is 0. The maximum atomic E-state index is 4.05. The monoisotopic (exact) mass is 183 g/mol. The van der Waals surface area contributed by atoms with E-state index in [1.54, 1.807) is 11.2 Å². The van der Waals surface area contributed by atoms with Gasteiger partial charge in [0.25, 0.3) is 0 Å². The van der Waals surface area contributed by atoms with Gasteiger partial charge in [-0.3, -0.25) is 4.98 Å². The van der Waals surface area contributed by atoms with Crippen LogP contribution in [0.5, 0.6) is 0 Å². The molecule has 2 heteroatoms. The Morgan fingerprint density at radius 1 is 1.44 bits per heavy atom. The van der Waals surface area contributed by atoms with Crippen molar-refractivity contribution in [1.29, 1.82) is 0 Å². The summed E-state index contributed by atoms with van der Waals surface area (Å²) in [6.07, 6.45) is 3.66. The second-order valence-corrected chi connectivity index (χ2v) is 2.08. The van der Waals surface area contributed by atoms with E-state index < -0.39 is 0 Å². The third-order valence-electron chi connectivity index (χ3n) is 0.922. The fourth-order valence-electron chi connectivity index (χ4n) is 0.539. The highest BCUT2D eigenvalue weighted by Crippen LogP contribution is 1.97. The van der Waals surface area contributed by atoms with Crippen molar-refractivity contribution in [3.05, 3.63) is 35.1 Å². The van der Waals surface area contributed by atoms with Gasteiger partial charge in [-0.15, -0.1) is 0 Å². The zero-order chi connectivity index (χ0) is 6.53. The van der Waals surface area contributed by atoms with Crippen LogP contribution in [0.1, 0.15) is 5.69 Å². The van der Waals surface area contributed by atoms with Gasteiger partial charge >= 0.3 is 0 Å². The quantitative estimate of drug-likeness (QED) is 0.653. The van der Waals surface area contributed by atoms with Crippen LogP contribution in [-0.4, -0.2) is 4.98 Å². The molecule has 9 heavy (non-hydrogen) atoms. The third kappa shape index (κ3) is 1.98. The smallest absolute Gasteiger partial charge is 0.0634 e. The van der Waals surface area contributed by atoms with Crippen LogP contribution in [-0.2, 0) is 0 Å². The van der Waals surface area contributed by atoms with E-state index in [4.69, 9.17) is 0 Å². The maximum absolute atomic E-state index is 4.05. The van der Waals surface area contributed by atoms with E-state index >= 15 is 0 Å². The Labute approximate surface area is 62.6 Å². The highest BCUT2D eigenvalue weighted by Gasteiger charge is 1.79. The van der Waals surface area contributed by atoms with Gasteiger partial charge in [0.05, 0.1) is 5.69 Å². The van der Waals surface area contributed by atoms with Gasteiger partial charge in [-0.2, -0.15) is 0 Å². The van der Waals surface area contributed by atoms with Gasteiger partial charge in [0.2, 0.25) is 0 Å². The van der Waals surface area contributed by atoms with Gasteiger partial charge in [-0.25, -0.2) is 0 Å². The predicted octanol–water partition coefficient (Wildman–Crippen LogP) is 2.45. The van der Waals surface area contributed by atoms with Crippen molar-refractivity contribution in [3.63, 3.8) is 0 Å². The predicted molar refractivity (Wildman–Crippen MR) is 42.2 cm³/mol. The van der Waals surface area contributed by atoms with Gasteiger partial charge in [-0.05, 0) is 23.2 Å². The molecule has 1 aromatic rings. The molecule has 0 saturated heterocycles. The van der Waals surface area contributed by atoms with Crippen molar-refractivity contribution in [2.75, 3.05) is 0 Å². The fourth-order valence-corrected chi connectivity index (χ4v) is 0.810. The zero-order valence-electron chi connectivity index (χ0n) is 4.79. The second kappa shape index (κ2) is 3.41. The Morgan fingerprint density at radius 3 is 2.89 bits per heavy atom. The molecule has 0 amide bonds. The largest absolute Gasteiger partial charge is 0.257 e. The lowest BCUT2D eigenvalue weighted by atomic mass is 10.4. The van der Waals surface area contributed by atoms with E-state index in [9.17, 15) is 0 Å². The van der Waals surface area contributed by atoms with E-state index in [0.29, 0.717) is 0 Å². The molecular formula is C7H6BrN. The molecule has 0 aromatic carbocycles. The first kappa shape index (κ1) is 6.49. The lowest BCUT2D eigenvalue weighted by Gasteiger charge is -1.85. The number of hydrogen-bond donors (Lipinski definition) is 0. The number of aromatic nitrogens is 1. The van der Waals surface area contributed by atoms with Crippen LogP contribution in [0.3, 0.4) is 0 Å². The van der Waals surface area contributed by atoms with E-state index in [1.165, 1.54) is 0 Å². The summed E-state index contributed by atoms with van der Waals surface area (Å²) >= 11 is 3.17. The van der Waals surface area contributed by atoms with Crippen LogP contribution in [0.2, 0.25) is 0 Å². The van der Waals surface area contributed by atoms with Crippen LogP contribution in [0.25, 0.3) is 6.08 Å². The van der Waals surface area contributed by atoms with Crippen molar-refractivity contribution >= 4 is 22.0 Å². The molecule has 1 aromatic heterocycles. The van der Waals surface area contributed by atoms with E-state index in [0.717, 1.165) is 5.69 Å². The van der Waals surface area contributed by atoms with Crippen molar-refractivity contribution in [2.45, 2.75) is 0 Å². The molecule has 0 aliphatic carbocycles. The fraction of sp³-hybridized carbons (Fsp3) is 0. The van der Waals surface area contributed by atoms with E-state index in [1.807, 2.05) is 24.3 Å². The Hall–Kier alpha value is -0.630. The molecule has 1 heterocycles. The van der Waals surface area contributed by atoms with E-state index in [-0.39, 0.29) is 0 Å². The molecule has 0 N–H and O–H groups in total. The lowest BCUT2D eigenvalue weighted by molar-refractivity contribution is 1.30. The zero-order valence-corrected chi connectivity index (χ0v) is 6.38. The molecule has 0 bridgehead atoms. The minimum Gasteiger partial charge on any atom is -0.257 e. The molecular weight excluding hydrogens is 178 g/mol. The summed E-state index contributed by atoms with van der Waals surface area (Å²) in [6, 6.07) is 5.79.